The first-order valence-electron chi connectivity index (χ1n) is 6.30. The number of nitrogens with one attached hydrogen (secondary N) is 1. The van der Waals surface area contributed by atoms with Crippen molar-refractivity contribution in [2.75, 3.05) is 6.54 Å². The molecule has 4 nitrogen and oxygen atoms in total. The molecule has 1 amide bonds. The Hall–Kier alpha value is -1.84. The Morgan fingerprint density at radius 1 is 1.42 bits per heavy atom. The normalized spacial score (nSPS) is 12.6. The molecule has 0 bridgehead atoms. The van der Waals surface area contributed by atoms with Gasteiger partial charge in [-0.15, -0.1) is 0 Å². The van der Waals surface area contributed by atoms with E-state index in [1.807, 2.05) is 31.2 Å². The van der Waals surface area contributed by atoms with Crippen LogP contribution in [-0.4, -0.2) is 24.5 Å². The summed E-state index contributed by atoms with van der Waals surface area (Å²) in [6.07, 6.45) is 0.332. The first kappa shape index (κ1) is 15.2. The number of ether oxygens (including phenoxy) is 1. The van der Waals surface area contributed by atoms with Gasteiger partial charge in [0.1, 0.15) is 11.9 Å². The van der Waals surface area contributed by atoms with Crippen molar-refractivity contribution in [2.24, 2.45) is 0 Å². The number of amides is 1. The van der Waals surface area contributed by atoms with Crippen LogP contribution in [-0.2, 0) is 9.53 Å². The van der Waals surface area contributed by atoms with Crippen LogP contribution in [0.1, 0.15) is 37.8 Å². The third-order valence-electron chi connectivity index (χ3n) is 2.50. The number of carbonyl (C=O) groups excluding carboxylic acids is 2. The number of rotatable bonds is 4. The smallest absolute Gasteiger partial charge is 0.407 e. The summed E-state index contributed by atoms with van der Waals surface area (Å²) >= 11 is 0. The molecule has 19 heavy (non-hydrogen) atoms. The van der Waals surface area contributed by atoms with Crippen molar-refractivity contribution in [3.8, 4) is 0 Å². The van der Waals surface area contributed by atoms with E-state index in [0.717, 1.165) is 17.4 Å². The molecule has 1 unspecified atom stereocenters. The second-order valence-corrected chi connectivity index (χ2v) is 5.54. The van der Waals surface area contributed by atoms with E-state index in [0.29, 0.717) is 0 Å². The van der Waals surface area contributed by atoms with Crippen LogP contribution in [0.5, 0.6) is 0 Å². The lowest BCUT2D eigenvalue weighted by Gasteiger charge is -2.20. The van der Waals surface area contributed by atoms with E-state index in [1.54, 1.807) is 20.8 Å². The Morgan fingerprint density at radius 3 is 2.63 bits per heavy atom. The molecule has 104 valence electrons. The molecule has 0 saturated carbocycles. The quantitative estimate of drug-likeness (QED) is 0.850. The van der Waals surface area contributed by atoms with Gasteiger partial charge in [0, 0.05) is 6.54 Å². The summed E-state index contributed by atoms with van der Waals surface area (Å²) in [6.45, 7) is 7.59. The van der Waals surface area contributed by atoms with Crippen molar-refractivity contribution in [3.63, 3.8) is 0 Å². The fourth-order valence-electron chi connectivity index (χ4n) is 1.65. The zero-order valence-electron chi connectivity index (χ0n) is 11.9. The van der Waals surface area contributed by atoms with Crippen molar-refractivity contribution in [3.05, 3.63) is 35.4 Å². The molecular weight excluding hydrogens is 242 g/mol. The molecule has 0 fully saturated rings. The summed E-state index contributed by atoms with van der Waals surface area (Å²) in [6, 6.07) is 7.68. The van der Waals surface area contributed by atoms with Gasteiger partial charge in [-0.05, 0) is 33.3 Å². The van der Waals surface area contributed by atoms with Crippen molar-refractivity contribution in [1.29, 1.82) is 0 Å². The largest absolute Gasteiger partial charge is 0.444 e. The van der Waals surface area contributed by atoms with Crippen molar-refractivity contribution in [1.82, 2.24) is 5.32 Å². The SMILES string of the molecule is Cc1cccc(C(C=O)CNC(=O)OC(C)(C)C)c1. The second-order valence-electron chi connectivity index (χ2n) is 5.54. The number of alkyl carbamates (subject to hydrolysis) is 1. The molecule has 0 aliphatic heterocycles. The summed E-state index contributed by atoms with van der Waals surface area (Å²) in [5, 5.41) is 2.62. The molecule has 0 spiro atoms. The molecule has 0 aromatic heterocycles. The van der Waals surface area contributed by atoms with E-state index in [1.165, 1.54) is 0 Å². The predicted octanol–water partition coefficient (Wildman–Crippen LogP) is 2.80. The van der Waals surface area contributed by atoms with Gasteiger partial charge in [-0.1, -0.05) is 29.8 Å². The Morgan fingerprint density at radius 2 is 2.11 bits per heavy atom. The van der Waals surface area contributed by atoms with Gasteiger partial charge in [-0.25, -0.2) is 4.79 Å². The highest BCUT2D eigenvalue weighted by Crippen LogP contribution is 2.14. The number of aldehydes is 1. The molecular formula is C15H21NO3. The van der Waals surface area contributed by atoms with Gasteiger partial charge < -0.3 is 14.8 Å². The highest BCUT2D eigenvalue weighted by molar-refractivity contribution is 5.70. The van der Waals surface area contributed by atoms with Crippen LogP contribution < -0.4 is 5.32 Å². The lowest BCUT2D eigenvalue weighted by Crippen LogP contribution is -2.35. The standard InChI is InChI=1S/C15H21NO3/c1-11-6-5-7-12(8-11)13(10-17)9-16-14(18)19-15(2,3)4/h5-8,10,13H,9H2,1-4H3,(H,16,18). The van der Waals surface area contributed by atoms with Gasteiger partial charge in [0.15, 0.2) is 0 Å². The zero-order valence-corrected chi connectivity index (χ0v) is 11.9. The van der Waals surface area contributed by atoms with Crippen LogP contribution in [0.2, 0.25) is 0 Å². The maximum atomic E-state index is 11.5. The minimum atomic E-state index is -0.538. The molecule has 1 rings (SSSR count). The number of hydrogen-bond acceptors (Lipinski definition) is 3. The van der Waals surface area contributed by atoms with E-state index in [4.69, 9.17) is 4.74 Å². The fraction of sp³-hybridized carbons (Fsp3) is 0.467. The summed E-state index contributed by atoms with van der Waals surface area (Å²) in [5.74, 6) is -0.354. The molecule has 1 atom stereocenters. The Labute approximate surface area is 114 Å². The minimum absolute atomic E-state index is 0.238. The molecule has 4 heteroatoms. The van der Waals surface area contributed by atoms with E-state index in [-0.39, 0.29) is 12.5 Å². The highest BCUT2D eigenvalue weighted by Gasteiger charge is 2.18. The molecule has 0 aliphatic rings. The van der Waals surface area contributed by atoms with Crippen LogP contribution in [0.25, 0.3) is 0 Å². The third kappa shape index (κ3) is 5.55. The second kappa shape index (κ2) is 6.36. The number of aryl methyl sites for hydroxylation is 1. The topological polar surface area (TPSA) is 55.4 Å². The number of benzene rings is 1. The lowest BCUT2D eigenvalue weighted by molar-refractivity contribution is -0.109. The molecule has 0 saturated heterocycles. The maximum Gasteiger partial charge on any atom is 0.407 e. The number of carbonyl (C=O) groups is 2. The Balaban J connectivity index is 2.59. The van der Waals surface area contributed by atoms with Crippen LogP contribution in [0.3, 0.4) is 0 Å². The van der Waals surface area contributed by atoms with Gasteiger partial charge in [-0.2, -0.15) is 0 Å². The van der Waals surface area contributed by atoms with Crippen molar-refractivity contribution in [2.45, 2.75) is 39.2 Å². The molecule has 1 aromatic carbocycles. The molecule has 1 N–H and O–H groups in total. The fourth-order valence-corrected chi connectivity index (χ4v) is 1.65. The summed E-state index contributed by atoms with van der Waals surface area (Å²) in [5.41, 5.74) is 1.44. The van der Waals surface area contributed by atoms with Gasteiger partial charge in [0.05, 0.1) is 5.92 Å². The van der Waals surface area contributed by atoms with Gasteiger partial charge >= 0.3 is 6.09 Å². The minimum Gasteiger partial charge on any atom is -0.444 e. The Bertz CT molecular complexity index is 449. The monoisotopic (exact) mass is 263 g/mol. The lowest BCUT2D eigenvalue weighted by atomic mass is 9.99. The summed E-state index contributed by atoms with van der Waals surface area (Å²) in [4.78, 5) is 22.7. The Kier molecular flexibility index (Phi) is 5.10. The number of hydrogen-bond donors (Lipinski definition) is 1. The van der Waals surface area contributed by atoms with E-state index < -0.39 is 11.7 Å². The highest BCUT2D eigenvalue weighted by atomic mass is 16.6. The van der Waals surface area contributed by atoms with E-state index >= 15 is 0 Å². The first-order chi connectivity index (χ1) is 8.81. The van der Waals surface area contributed by atoms with Crippen LogP contribution in [0.15, 0.2) is 24.3 Å². The molecule has 0 heterocycles. The van der Waals surface area contributed by atoms with Crippen molar-refractivity contribution >= 4 is 12.4 Å². The first-order valence-corrected chi connectivity index (χ1v) is 6.30. The van der Waals surface area contributed by atoms with Gasteiger partial charge in [-0.3, -0.25) is 0 Å². The molecule has 0 radical (unpaired) electrons. The molecule has 0 aliphatic carbocycles. The van der Waals surface area contributed by atoms with Crippen LogP contribution in [0.4, 0.5) is 4.79 Å². The average Bonchev–Trinajstić information content (AvgIpc) is 2.27. The third-order valence-corrected chi connectivity index (χ3v) is 2.50. The average molecular weight is 263 g/mol. The van der Waals surface area contributed by atoms with Crippen LogP contribution >= 0.6 is 0 Å². The zero-order chi connectivity index (χ0) is 14.5. The van der Waals surface area contributed by atoms with Gasteiger partial charge in [0.25, 0.3) is 0 Å². The van der Waals surface area contributed by atoms with E-state index in [9.17, 15) is 9.59 Å². The van der Waals surface area contributed by atoms with Crippen molar-refractivity contribution < 1.29 is 14.3 Å². The van der Waals surface area contributed by atoms with E-state index in [2.05, 4.69) is 5.32 Å². The van der Waals surface area contributed by atoms with Gasteiger partial charge in [0.2, 0.25) is 0 Å². The molecule has 1 aromatic rings. The summed E-state index contributed by atoms with van der Waals surface area (Å²) in [7, 11) is 0. The predicted molar refractivity (Wildman–Crippen MR) is 74.2 cm³/mol. The van der Waals surface area contributed by atoms with Crippen LogP contribution in [0, 0.1) is 6.92 Å². The summed E-state index contributed by atoms with van der Waals surface area (Å²) < 4.78 is 5.13. The maximum absolute atomic E-state index is 11.5.